The molecule has 98 valence electrons. The lowest BCUT2D eigenvalue weighted by Gasteiger charge is -2.63. The average Bonchev–Trinajstić information content (AvgIpc) is 2.12. The lowest BCUT2D eigenvalue weighted by molar-refractivity contribution is -0.194. The molecule has 4 unspecified atom stereocenters. The van der Waals surface area contributed by atoms with Crippen LogP contribution < -0.4 is 0 Å². The van der Waals surface area contributed by atoms with Crippen molar-refractivity contribution in [3.05, 3.63) is 0 Å². The molecule has 1 aliphatic heterocycles. The zero-order chi connectivity index (χ0) is 12.8. The minimum absolute atomic E-state index is 0.0383. The van der Waals surface area contributed by atoms with E-state index in [2.05, 4.69) is 0 Å². The van der Waals surface area contributed by atoms with Gasteiger partial charge in [-0.2, -0.15) is 0 Å². The summed E-state index contributed by atoms with van der Waals surface area (Å²) in [6, 6.07) is 0.101. The Morgan fingerprint density at radius 2 is 2.12 bits per heavy atom. The third-order valence-electron chi connectivity index (χ3n) is 3.47. The second kappa shape index (κ2) is 4.14. The molecule has 2 rings (SSSR count). The molecule has 5 nitrogen and oxygen atoms in total. The summed E-state index contributed by atoms with van der Waals surface area (Å²) in [7, 11) is 1.60. The maximum atomic E-state index is 12.0. The fraction of sp³-hybridized carbons (Fsp3) is 0.917. The van der Waals surface area contributed by atoms with Gasteiger partial charge >= 0.3 is 6.09 Å². The van der Waals surface area contributed by atoms with Crippen LogP contribution in [0.25, 0.3) is 0 Å². The van der Waals surface area contributed by atoms with Gasteiger partial charge in [0.2, 0.25) is 0 Å². The smallest absolute Gasteiger partial charge is 0.410 e. The van der Waals surface area contributed by atoms with Crippen LogP contribution in [-0.4, -0.2) is 53.6 Å². The Bertz CT molecular complexity index is 312. The summed E-state index contributed by atoms with van der Waals surface area (Å²) in [6.07, 6.45) is 0.0657. The normalized spacial score (nSPS) is 35.7. The van der Waals surface area contributed by atoms with Gasteiger partial charge in [-0.15, -0.1) is 0 Å². The molecule has 1 aliphatic carbocycles. The highest BCUT2D eigenvalue weighted by Gasteiger charge is 2.61. The van der Waals surface area contributed by atoms with Crippen molar-refractivity contribution in [2.75, 3.05) is 13.7 Å². The number of rotatable bonds is 2. The third kappa shape index (κ3) is 2.13. The van der Waals surface area contributed by atoms with Crippen molar-refractivity contribution in [3.8, 4) is 0 Å². The Morgan fingerprint density at radius 3 is 2.59 bits per heavy atom. The standard InChI is InChI=1S/C12H21NO4/c1-12(2,3)17-11(15)13-7-5-9(14)10(7)8(13)6-16-4/h7-10,14H,5-6H2,1-4H3. The third-order valence-corrected chi connectivity index (χ3v) is 3.47. The van der Waals surface area contributed by atoms with E-state index < -0.39 is 5.60 Å². The molecule has 1 saturated carbocycles. The molecule has 0 aromatic rings. The molecule has 1 saturated heterocycles. The highest BCUT2D eigenvalue weighted by Crippen LogP contribution is 2.47. The Labute approximate surface area is 102 Å². The summed E-state index contributed by atoms with van der Waals surface area (Å²) in [5.74, 6) is 0.169. The fourth-order valence-electron chi connectivity index (χ4n) is 2.71. The first-order valence-corrected chi connectivity index (χ1v) is 6.03. The van der Waals surface area contributed by atoms with Gasteiger partial charge in [0.1, 0.15) is 5.60 Å². The highest BCUT2D eigenvalue weighted by atomic mass is 16.6. The number of methoxy groups -OCH3 is 1. The second-order valence-electron chi connectivity index (χ2n) is 5.86. The quantitative estimate of drug-likeness (QED) is 0.786. The van der Waals surface area contributed by atoms with E-state index in [1.54, 1.807) is 12.0 Å². The number of likely N-dealkylation sites (tertiary alicyclic amines) is 1. The van der Waals surface area contributed by atoms with Gasteiger partial charge in [-0.3, -0.25) is 4.90 Å². The van der Waals surface area contributed by atoms with Crippen LogP contribution in [0.1, 0.15) is 27.2 Å². The van der Waals surface area contributed by atoms with Crippen molar-refractivity contribution in [2.24, 2.45) is 5.92 Å². The minimum Gasteiger partial charge on any atom is -0.444 e. The monoisotopic (exact) mass is 243 g/mol. The molecule has 0 aromatic heterocycles. The summed E-state index contributed by atoms with van der Waals surface area (Å²) in [5, 5.41) is 9.63. The number of aliphatic hydroxyl groups is 1. The lowest BCUT2D eigenvalue weighted by atomic mass is 9.63. The summed E-state index contributed by atoms with van der Waals surface area (Å²) in [4.78, 5) is 13.7. The van der Waals surface area contributed by atoms with E-state index in [1.165, 1.54) is 0 Å². The second-order valence-corrected chi connectivity index (χ2v) is 5.86. The molecule has 1 N–H and O–H groups in total. The number of aliphatic hydroxyl groups excluding tert-OH is 1. The molecule has 0 aromatic carbocycles. The van der Waals surface area contributed by atoms with Gasteiger partial charge in [0.15, 0.2) is 0 Å². The molecule has 0 bridgehead atoms. The van der Waals surface area contributed by atoms with Gasteiger partial charge < -0.3 is 14.6 Å². The first-order valence-electron chi connectivity index (χ1n) is 6.03. The van der Waals surface area contributed by atoms with Gasteiger partial charge in [0.25, 0.3) is 0 Å². The van der Waals surface area contributed by atoms with Crippen molar-refractivity contribution < 1.29 is 19.4 Å². The molecule has 1 heterocycles. The molecule has 2 fully saturated rings. The summed E-state index contributed by atoms with van der Waals surface area (Å²) in [6.45, 7) is 6.01. The number of carbonyl (C=O) groups excluding carboxylic acids is 1. The zero-order valence-electron chi connectivity index (χ0n) is 10.8. The van der Waals surface area contributed by atoms with E-state index in [9.17, 15) is 9.90 Å². The van der Waals surface area contributed by atoms with Crippen LogP contribution in [0.3, 0.4) is 0 Å². The Balaban J connectivity index is 1.98. The molecule has 0 radical (unpaired) electrons. The SMILES string of the molecule is COCC1C2C(O)CC2N1C(=O)OC(C)(C)C. The number of amides is 1. The number of carbonyl (C=O) groups is 1. The molecule has 17 heavy (non-hydrogen) atoms. The first-order chi connectivity index (χ1) is 7.85. The van der Waals surface area contributed by atoms with Crippen LogP contribution in [0.2, 0.25) is 0 Å². The van der Waals surface area contributed by atoms with Crippen LogP contribution in [0, 0.1) is 5.92 Å². The number of hydrogen-bond acceptors (Lipinski definition) is 4. The van der Waals surface area contributed by atoms with Crippen LogP contribution in [0.4, 0.5) is 4.79 Å². The predicted octanol–water partition coefficient (Wildman–Crippen LogP) is 1.00. The topological polar surface area (TPSA) is 59.0 Å². The maximum absolute atomic E-state index is 12.0. The zero-order valence-corrected chi connectivity index (χ0v) is 10.8. The summed E-state index contributed by atoms with van der Waals surface area (Å²) < 4.78 is 10.5. The van der Waals surface area contributed by atoms with Crippen LogP contribution in [0.15, 0.2) is 0 Å². The van der Waals surface area contributed by atoms with E-state index in [4.69, 9.17) is 9.47 Å². The molecular formula is C12H21NO4. The van der Waals surface area contributed by atoms with Crippen LogP contribution >= 0.6 is 0 Å². The molecule has 1 amide bonds. The fourth-order valence-corrected chi connectivity index (χ4v) is 2.71. The number of piperidine rings is 1. The molecule has 2 aliphatic rings. The van der Waals surface area contributed by atoms with E-state index in [0.29, 0.717) is 13.0 Å². The molecule has 4 atom stereocenters. The first kappa shape index (κ1) is 12.6. The van der Waals surface area contributed by atoms with Crippen LogP contribution in [0.5, 0.6) is 0 Å². The Hall–Kier alpha value is -0.810. The average molecular weight is 243 g/mol. The van der Waals surface area contributed by atoms with Gasteiger partial charge in [0, 0.05) is 19.1 Å². The van der Waals surface area contributed by atoms with Gasteiger partial charge in [0.05, 0.1) is 18.8 Å². The van der Waals surface area contributed by atoms with Gasteiger partial charge in [-0.25, -0.2) is 4.79 Å². The van der Waals surface area contributed by atoms with E-state index in [1.807, 2.05) is 20.8 Å². The summed E-state index contributed by atoms with van der Waals surface area (Å²) in [5.41, 5.74) is -0.484. The number of fused-ring (bicyclic) bond motifs is 1. The van der Waals surface area contributed by atoms with Crippen LogP contribution in [-0.2, 0) is 9.47 Å². The minimum atomic E-state index is -0.484. The van der Waals surface area contributed by atoms with Crippen molar-refractivity contribution in [1.82, 2.24) is 4.90 Å². The Morgan fingerprint density at radius 1 is 1.47 bits per heavy atom. The van der Waals surface area contributed by atoms with Gasteiger partial charge in [-0.1, -0.05) is 0 Å². The highest BCUT2D eigenvalue weighted by molar-refractivity contribution is 5.71. The van der Waals surface area contributed by atoms with Crippen molar-refractivity contribution in [2.45, 2.75) is 51.0 Å². The predicted molar refractivity (Wildman–Crippen MR) is 61.6 cm³/mol. The molecule has 0 spiro atoms. The van der Waals surface area contributed by atoms with Crippen molar-refractivity contribution in [1.29, 1.82) is 0 Å². The number of hydrogen-bond donors (Lipinski definition) is 1. The molecular weight excluding hydrogens is 222 g/mol. The van der Waals surface area contributed by atoms with Crippen molar-refractivity contribution in [3.63, 3.8) is 0 Å². The molecule has 5 heteroatoms. The number of nitrogens with zero attached hydrogens (tertiary/aromatic N) is 1. The van der Waals surface area contributed by atoms with Gasteiger partial charge in [-0.05, 0) is 27.2 Å². The number of ether oxygens (including phenoxy) is 2. The van der Waals surface area contributed by atoms with E-state index >= 15 is 0 Å². The largest absolute Gasteiger partial charge is 0.444 e. The Kier molecular flexibility index (Phi) is 3.08. The maximum Gasteiger partial charge on any atom is 0.410 e. The van der Waals surface area contributed by atoms with Crippen molar-refractivity contribution >= 4 is 6.09 Å². The lowest BCUT2D eigenvalue weighted by Crippen LogP contribution is -2.77. The van der Waals surface area contributed by atoms with E-state index in [-0.39, 0.29) is 30.2 Å². The van der Waals surface area contributed by atoms with E-state index in [0.717, 1.165) is 0 Å². The summed E-state index contributed by atoms with van der Waals surface area (Å²) >= 11 is 0.